The van der Waals surface area contributed by atoms with Crippen LogP contribution in [0.1, 0.15) is 17.2 Å². The third-order valence-corrected chi connectivity index (χ3v) is 2.30. The Kier molecular flexibility index (Phi) is 4.67. The van der Waals surface area contributed by atoms with Crippen molar-refractivity contribution < 1.29 is 19.0 Å². The number of methoxy groups -OCH3 is 2. The predicted octanol–water partition coefficient (Wildman–Crippen LogP) is 0.973. The van der Waals surface area contributed by atoms with Gasteiger partial charge in [-0.05, 0) is 23.3 Å². The normalized spacial score (nSPS) is 12.6. The van der Waals surface area contributed by atoms with Crippen molar-refractivity contribution in [2.75, 3.05) is 20.8 Å². The molecule has 1 unspecified atom stereocenters. The molecule has 90 valence electrons. The molecule has 4 nitrogen and oxygen atoms in total. The maximum absolute atomic E-state index is 13.4. The molecule has 0 aliphatic heterocycles. The molecule has 1 aromatic rings. The Morgan fingerprint density at radius 3 is 2.62 bits per heavy atom. The van der Waals surface area contributed by atoms with E-state index in [1.807, 2.05) is 0 Å². The van der Waals surface area contributed by atoms with Gasteiger partial charge in [0, 0.05) is 13.7 Å². The summed E-state index contributed by atoms with van der Waals surface area (Å²) in [6.07, 6.45) is -0.898. The van der Waals surface area contributed by atoms with E-state index >= 15 is 0 Å². The first kappa shape index (κ1) is 12.9. The topological polar surface area (TPSA) is 64.7 Å². The van der Waals surface area contributed by atoms with E-state index in [0.29, 0.717) is 11.1 Å². The molecule has 0 heterocycles. The number of aliphatic hydroxyl groups is 1. The largest absolute Gasteiger partial charge is 0.494 e. The average molecular weight is 229 g/mol. The Bertz CT molecular complexity index is 357. The van der Waals surface area contributed by atoms with Crippen LogP contribution in [0.5, 0.6) is 5.75 Å². The summed E-state index contributed by atoms with van der Waals surface area (Å²) in [4.78, 5) is 0. The smallest absolute Gasteiger partial charge is 0.165 e. The van der Waals surface area contributed by atoms with Gasteiger partial charge in [0.05, 0.1) is 19.8 Å². The zero-order valence-electron chi connectivity index (χ0n) is 9.37. The molecule has 0 aliphatic rings. The zero-order valence-corrected chi connectivity index (χ0v) is 9.37. The van der Waals surface area contributed by atoms with Crippen molar-refractivity contribution in [1.82, 2.24) is 0 Å². The van der Waals surface area contributed by atoms with Crippen LogP contribution in [0.15, 0.2) is 12.1 Å². The lowest BCUT2D eigenvalue weighted by Gasteiger charge is -2.15. The highest BCUT2D eigenvalue weighted by molar-refractivity contribution is 5.38. The van der Waals surface area contributed by atoms with Gasteiger partial charge in [0.25, 0.3) is 0 Å². The second-order valence-corrected chi connectivity index (χ2v) is 3.37. The molecule has 0 fully saturated rings. The first-order valence-electron chi connectivity index (χ1n) is 4.87. The van der Waals surface area contributed by atoms with E-state index in [9.17, 15) is 9.50 Å². The molecule has 0 spiro atoms. The highest BCUT2D eigenvalue weighted by Gasteiger charge is 2.15. The fourth-order valence-electron chi connectivity index (χ4n) is 1.48. The third-order valence-electron chi connectivity index (χ3n) is 2.30. The highest BCUT2D eigenvalue weighted by atomic mass is 19.1. The molecular formula is C11H16FNO3. The number of hydrogen-bond acceptors (Lipinski definition) is 4. The van der Waals surface area contributed by atoms with Gasteiger partial charge in [-0.15, -0.1) is 0 Å². The summed E-state index contributed by atoms with van der Waals surface area (Å²) in [6.45, 7) is 0.297. The van der Waals surface area contributed by atoms with Gasteiger partial charge in [-0.1, -0.05) is 0 Å². The minimum Gasteiger partial charge on any atom is -0.494 e. The fraction of sp³-hybridized carbons (Fsp3) is 0.455. The number of ether oxygens (including phenoxy) is 2. The van der Waals surface area contributed by atoms with Crippen molar-refractivity contribution in [2.45, 2.75) is 12.7 Å². The van der Waals surface area contributed by atoms with Crippen molar-refractivity contribution in [3.05, 3.63) is 29.1 Å². The molecular weight excluding hydrogens is 213 g/mol. The molecule has 0 saturated heterocycles. The maximum atomic E-state index is 13.4. The van der Waals surface area contributed by atoms with Crippen LogP contribution in [0.25, 0.3) is 0 Å². The van der Waals surface area contributed by atoms with Crippen molar-refractivity contribution >= 4 is 0 Å². The average Bonchev–Trinajstić information content (AvgIpc) is 2.30. The van der Waals surface area contributed by atoms with Gasteiger partial charge in [0.1, 0.15) is 0 Å². The fourth-order valence-corrected chi connectivity index (χ4v) is 1.48. The number of hydrogen-bond donors (Lipinski definition) is 2. The molecule has 1 rings (SSSR count). The van der Waals surface area contributed by atoms with Crippen LogP contribution < -0.4 is 10.5 Å². The Balaban J connectivity index is 3.18. The Morgan fingerprint density at radius 2 is 2.12 bits per heavy atom. The van der Waals surface area contributed by atoms with Crippen LogP contribution >= 0.6 is 0 Å². The van der Waals surface area contributed by atoms with Gasteiger partial charge in [-0.2, -0.15) is 0 Å². The number of aliphatic hydroxyl groups excluding tert-OH is 1. The molecule has 3 N–H and O–H groups in total. The lowest BCUT2D eigenvalue weighted by molar-refractivity contribution is 0.165. The second kappa shape index (κ2) is 5.79. The van der Waals surface area contributed by atoms with Gasteiger partial charge < -0.3 is 20.3 Å². The van der Waals surface area contributed by atoms with Crippen LogP contribution in [0, 0.1) is 5.82 Å². The van der Waals surface area contributed by atoms with E-state index in [0.717, 1.165) is 0 Å². The van der Waals surface area contributed by atoms with Gasteiger partial charge >= 0.3 is 0 Å². The van der Waals surface area contributed by atoms with Gasteiger partial charge in [-0.25, -0.2) is 4.39 Å². The van der Waals surface area contributed by atoms with E-state index in [4.69, 9.17) is 15.2 Å². The summed E-state index contributed by atoms with van der Waals surface area (Å²) >= 11 is 0. The second-order valence-electron chi connectivity index (χ2n) is 3.37. The quantitative estimate of drug-likeness (QED) is 0.789. The standard InChI is InChI=1S/C11H16FNO3/c1-15-6-7-3-11(16-2)9(12)4-8(7)10(14)5-13/h3-4,10,14H,5-6,13H2,1-2H3. The van der Waals surface area contributed by atoms with E-state index in [-0.39, 0.29) is 18.9 Å². The van der Waals surface area contributed by atoms with Crippen LogP contribution in [0.2, 0.25) is 0 Å². The summed E-state index contributed by atoms with van der Waals surface area (Å²) in [5, 5.41) is 9.64. The molecule has 16 heavy (non-hydrogen) atoms. The molecule has 0 radical (unpaired) electrons. The number of nitrogens with two attached hydrogens (primary N) is 1. The lowest BCUT2D eigenvalue weighted by atomic mass is 10.0. The summed E-state index contributed by atoms with van der Waals surface area (Å²) in [5.41, 5.74) is 6.44. The monoisotopic (exact) mass is 229 g/mol. The molecule has 0 aromatic heterocycles. The summed E-state index contributed by atoms with van der Waals surface area (Å²) in [5.74, 6) is -0.398. The van der Waals surface area contributed by atoms with Crippen molar-refractivity contribution in [1.29, 1.82) is 0 Å². The van der Waals surface area contributed by atoms with Crippen molar-refractivity contribution in [3.8, 4) is 5.75 Å². The van der Waals surface area contributed by atoms with Crippen molar-refractivity contribution in [2.24, 2.45) is 5.73 Å². The molecule has 1 atom stereocenters. The Hall–Kier alpha value is -1.17. The van der Waals surface area contributed by atoms with Crippen LogP contribution in [0.3, 0.4) is 0 Å². The van der Waals surface area contributed by atoms with Gasteiger partial charge in [0.15, 0.2) is 11.6 Å². The van der Waals surface area contributed by atoms with Crippen LogP contribution in [-0.2, 0) is 11.3 Å². The van der Waals surface area contributed by atoms with Crippen LogP contribution in [0.4, 0.5) is 4.39 Å². The first-order valence-corrected chi connectivity index (χ1v) is 4.87. The van der Waals surface area contributed by atoms with Crippen LogP contribution in [-0.4, -0.2) is 25.9 Å². The summed E-state index contributed by atoms with van der Waals surface area (Å²) in [6, 6.07) is 2.73. The van der Waals surface area contributed by atoms with E-state index in [1.165, 1.54) is 26.4 Å². The highest BCUT2D eigenvalue weighted by Crippen LogP contribution is 2.26. The molecule has 0 amide bonds. The third kappa shape index (κ3) is 2.69. The molecule has 5 heteroatoms. The Labute approximate surface area is 93.8 Å². The minimum atomic E-state index is -0.898. The number of rotatable bonds is 5. The van der Waals surface area contributed by atoms with E-state index in [1.54, 1.807) is 0 Å². The predicted molar refractivity (Wildman–Crippen MR) is 57.7 cm³/mol. The SMILES string of the molecule is COCc1cc(OC)c(F)cc1C(O)CN. The Morgan fingerprint density at radius 1 is 1.44 bits per heavy atom. The lowest BCUT2D eigenvalue weighted by Crippen LogP contribution is -2.14. The maximum Gasteiger partial charge on any atom is 0.165 e. The minimum absolute atomic E-state index is 0.0302. The van der Waals surface area contributed by atoms with Gasteiger partial charge in [0.2, 0.25) is 0 Å². The van der Waals surface area contributed by atoms with E-state index in [2.05, 4.69) is 0 Å². The first-order chi connectivity index (χ1) is 7.63. The zero-order chi connectivity index (χ0) is 12.1. The summed E-state index contributed by atoms with van der Waals surface area (Å²) in [7, 11) is 2.91. The van der Waals surface area contributed by atoms with Crippen molar-refractivity contribution in [3.63, 3.8) is 0 Å². The van der Waals surface area contributed by atoms with Gasteiger partial charge in [-0.3, -0.25) is 0 Å². The molecule has 0 saturated carbocycles. The molecule has 0 aliphatic carbocycles. The summed E-state index contributed by atoms with van der Waals surface area (Å²) < 4.78 is 23.3. The number of benzene rings is 1. The number of halogens is 1. The van der Waals surface area contributed by atoms with E-state index < -0.39 is 11.9 Å². The molecule has 0 bridgehead atoms. The molecule has 1 aromatic carbocycles.